The van der Waals surface area contributed by atoms with Crippen molar-refractivity contribution in [3.05, 3.63) is 54.4 Å². The molecule has 1 N–H and O–H groups in total. The van der Waals surface area contributed by atoms with Gasteiger partial charge in [0.05, 0.1) is 26.2 Å². The molecule has 9 nitrogen and oxygen atoms in total. The van der Waals surface area contributed by atoms with Crippen LogP contribution in [0.2, 0.25) is 0 Å². The Morgan fingerprint density at radius 1 is 1.03 bits per heavy atom. The Hall–Kier alpha value is -3.75. The Morgan fingerprint density at radius 3 is 2.52 bits per heavy atom. The van der Waals surface area contributed by atoms with E-state index in [1.54, 1.807) is 11.8 Å². The average Bonchev–Trinajstić information content (AvgIpc) is 3.25. The number of rotatable bonds is 9. The molecule has 3 aromatic rings. The highest BCUT2D eigenvalue weighted by atomic mass is 16.5. The summed E-state index contributed by atoms with van der Waals surface area (Å²) in [6.45, 7) is 3.07. The highest BCUT2D eigenvalue weighted by Crippen LogP contribution is 2.35. The fourth-order valence-corrected chi connectivity index (χ4v) is 3.43. The van der Waals surface area contributed by atoms with Crippen molar-refractivity contribution in [2.24, 2.45) is 0 Å². The zero-order chi connectivity index (χ0) is 21.6. The first-order chi connectivity index (χ1) is 15.2. The number of hydrogen-bond acceptors (Lipinski definition) is 7. The van der Waals surface area contributed by atoms with Crippen molar-refractivity contribution in [3.8, 4) is 23.0 Å². The number of nitrogens with zero attached hydrogens (tertiary/aromatic N) is 3. The number of nitrogens with one attached hydrogen (secondary N) is 1. The van der Waals surface area contributed by atoms with Gasteiger partial charge in [0.15, 0.2) is 23.0 Å². The van der Waals surface area contributed by atoms with Crippen LogP contribution in [0.1, 0.15) is 24.9 Å². The third-order valence-corrected chi connectivity index (χ3v) is 4.82. The number of ether oxygens (including phenoxy) is 4. The minimum Gasteiger partial charge on any atom is -0.493 e. The van der Waals surface area contributed by atoms with E-state index in [9.17, 15) is 4.79 Å². The van der Waals surface area contributed by atoms with E-state index in [0.29, 0.717) is 48.8 Å². The molecule has 0 bridgehead atoms. The Balaban J connectivity index is 1.45. The molecule has 4 rings (SSSR count). The lowest BCUT2D eigenvalue weighted by Crippen LogP contribution is -2.29. The van der Waals surface area contributed by atoms with E-state index in [-0.39, 0.29) is 18.4 Å². The largest absolute Gasteiger partial charge is 0.493 e. The first kappa shape index (κ1) is 20.5. The van der Waals surface area contributed by atoms with E-state index in [0.717, 1.165) is 5.56 Å². The molecular weight excluding hydrogens is 400 g/mol. The molecule has 2 aromatic carbocycles. The second-order valence-electron chi connectivity index (χ2n) is 6.78. The van der Waals surface area contributed by atoms with Gasteiger partial charge in [0.2, 0.25) is 11.9 Å². The third-order valence-electron chi connectivity index (χ3n) is 4.82. The molecule has 1 aliphatic rings. The normalized spacial score (nSPS) is 15.0. The summed E-state index contributed by atoms with van der Waals surface area (Å²) in [6, 6.07) is 12.8. The smallest absolute Gasteiger partial charge is 0.229 e. The van der Waals surface area contributed by atoms with Gasteiger partial charge in [-0.3, -0.25) is 10.1 Å². The summed E-state index contributed by atoms with van der Waals surface area (Å²) < 4.78 is 24.4. The van der Waals surface area contributed by atoms with Gasteiger partial charge in [0, 0.05) is 0 Å². The number of benzene rings is 2. The minimum atomic E-state index is -0.256. The maximum atomic E-state index is 12.1. The average molecular weight is 424 g/mol. The second kappa shape index (κ2) is 9.38. The molecule has 1 atom stereocenters. The van der Waals surface area contributed by atoms with E-state index in [1.807, 2.05) is 49.4 Å². The molecule has 0 radical (unpaired) electrons. The molecule has 0 aliphatic carbocycles. The maximum Gasteiger partial charge on any atom is 0.229 e. The molecule has 31 heavy (non-hydrogen) atoms. The van der Waals surface area contributed by atoms with Crippen LogP contribution in [-0.2, 0) is 4.79 Å². The summed E-state index contributed by atoms with van der Waals surface area (Å²) in [5.41, 5.74) is 0.891. The van der Waals surface area contributed by atoms with Gasteiger partial charge in [-0.2, -0.15) is 10.1 Å². The van der Waals surface area contributed by atoms with Crippen molar-refractivity contribution in [1.29, 1.82) is 0 Å². The topological polar surface area (TPSA) is 96.7 Å². The predicted molar refractivity (Wildman–Crippen MR) is 113 cm³/mol. The molecule has 1 aliphatic heterocycles. The SMILES string of the molecule is CCOc1cc([C@H]2CC(=O)Nc3ncnn32)ccc1OCCOc1ccccc1OC. The zero-order valence-electron chi connectivity index (χ0n) is 17.4. The van der Waals surface area contributed by atoms with Crippen LogP contribution < -0.4 is 24.3 Å². The Bertz CT molecular complexity index is 1050. The quantitative estimate of drug-likeness (QED) is 0.527. The molecule has 162 valence electrons. The van der Waals surface area contributed by atoms with Crippen molar-refractivity contribution >= 4 is 11.9 Å². The summed E-state index contributed by atoms with van der Waals surface area (Å²) in [6.07, 6.45) is 1.70. The van der Waals surface area contributed by atoms with E-state index in [1.165, 1.54) is 6.33 Å². The summed E-state index contributed by atoms with van der Waals surface area (Å²) in [5.74, 6) is 2.88. The lowest BCUT2D eigenvalue weighted by molar-refractivity contribution is -0.117. The van der Waals surface area contributed by atoms with Crippen molar-refractivity contribution in [1.82, 2.24) is 14.8 Å². The fourth-order valence-electron chi connectivity index (χ4n) is 3.43. The number of anilines is 1. The molecular formula is C22H24N4O5. The van der Waals surface area contributed by atoms with Crippen molar-refractivity contribution in [3.63, 3.8) is 0 Å². The summed E-state index contributed by atoms with van der Waals surface area (Å²) in [4.78, 5) is 16.1. The van der Waals surface area contributed by atoms with E-state index >= 15 is 0 Å². The van der Waals surface area contributed by atoms with Crippen LogP contribution in [0.5, 0.6) is 23.0 Å². The molecule has 2 heterocycles. The molecule has 1 amide bonds. The van der Waals surface area contributed by atoms with E-state index < -0.39 is 0 Å². The monoisotopic (exact) mass is 424 g/mol. The molecule has 0 saturated heterocycles. The number of fused-ring (bicyclic) bond motifs is 1. The number of amides is 1. The summed E-state index contributed by atoms with van der Waals surface area (Å²) in [5, 5.41) is 6.96. The molecule has 0 fully saturated rings. The minimum absolute atomic E-state index is 0.0997. The van der Waals surface area contributed by atoms with Gasteiger partial charge in [-0.05, 0) is 36.8 Å². The molecule has 9 heteroatoms. The number of para-hydroxylation sites is 2. The van der Waals surface area contributed by atoms with Crippen molar-refractivity contribution in [2.75, 3.05) is 32.2 Å². The van der Waals surface area contributed by atoms with Crippen LogP contribution >= 0.6 is 0 Å². The van der Waals surface area contributed by atoms with E-state index in [4.69, 9.17) is 18.9 Å². The van der Waals surface area contributed by atoms with Gasteiger partial charge >= 0.3 is 0 Å². The lowest BCUT2D eigenvalue weighted by atomic mass is 10.0. The van der Waals surface area contributed by atoms with Crippen molar-refractivity contribution in [2.45, 2.75) is 19.4 Å². The van der Waals surface area contributed by atoms with Crippen LogP contribution in [0.25, 0.3) is 0 Å². The van der Waals surface area contributed by atoms with Crippen LogP contribution in [0.4, 0.5) is 5.95 Å². The maximum absolute atomic E-state index is 12.1. The lowest BCUT2D eigenvalue weighted by Gasteiger charge is -2.24. The van der Waals surface area contributed by atoms with Crippen LogP contribution in [0.15, 0.2) is 48.8 Å². The fraction of sp³-hybridized carbons (Fsp3) is 0.318. The Kier molecular flexibility index (Phi) is 6.21. The van der Waals surface area contributed by atoms with Crippen LogP contribution in [0, 0.1) is 0 Å². The van der Waals surface area contributed by atoms with Gasteiger partial charge in [0.25, 0.3) is 0 Å². The predicted octanol–water partition coefficient (Wildman–Crippen LogP) is 3.07. The van der Waals surface area contributed by atoms with Gasteiger partial charge < -0.3 is 18.9 Å². The van der Waals surface area contributed by atoms with Crippen LogP contribution in [-0.4, -0.2) is 47.6 Å². The molecule has 0 saturated carbocycles. The number of hydrogen-bond donors (Lipinski definition) is 1. The summed E-state index contributed by atoms with van der Waals surface area (Å²) in [7, 11) is 1.60. The van der Waals surface area contributed by atoms with Gasteiger partial charge in [-0.1, -0.05) is 18.2 Å². The standard InChI is InChI=1S/C22H24N4O5/c1-3-29-20-12-15(16-13-21(27)25-22-23-14-24-26(16)22)8-9-19(20)31-11-10-30-18-7-5-4-6-17(18)28-2/h4-9,12,14,16H,3,10-11,13H2,1-2H3,(H,23,24,25,27)/t16-/m1/s1. The second-order valence-corrected chi connectivity index (χ2v) is 6.78. The highest BCUT2D eigenvalue weighted by molar-refractivity contribution is 5.91. The van der Waals surface area contributed by atoms with Gasteiger partial charge in [-0.25, -0.2) is 4.68 Å². The molecule has 0 unspecified atom stereocenters. The highest BCUT2D eigenvalue weighted by Gasteiger charge is 2.28. The Morgan fingerprint density at radius 2 is 1.77 bits per heavy atom. The number of methoxy groups -OCH3 is 1. The summed E-state index contributed by atoms with van der Waals surface area (Å²) >= 11 is 0. The van der Waals surface area contributed by atoms with Gasteiger partial charge in [-0.15, -0.1) is 0 Å². The number of aromatic nitrogens is 3. The van der Waals surface area contributed by atoms with Gasteiger partial charge in [0.1, 0.15) is 19.5 Å². The first-order valence-corrected chi connectivity index (χ1v) is 10.0. The number of carbonyl (C=O) groups excluding carboxylic acids is 1. The third kappa shape index (κ3) is 4.55. The van der Waals surface area contributed by atoms with Crippen LogP contribution in [0.3, 0.4) is 0 Å². The van der Waals surface area contributed by atoms with E-state index in [2.05, 4.69) is 15.4 Å². The number of carbonyl (C=O) groups is 1. The molecule has 1 aromatic heterocycles. The first-order valence-electron chi connectivity index (χ1n) is 10.0. The van der Waals surface area contributed by atoms with Crippen molar-refractivity contribution < 1.29 is 23.7 Å². The zero-order valence-corrected chi connectivity index (χ0v) is 17.4. The Labute approximate surface area is 179 Å². The molecule has 0 spiro atoms.